The van der Waals surface area contributed by atoms with Gasteiger partial charge in [-0.3, -0.25) is 19.4 Å². The largest absolute Gasteiger partial charge is 0.507 e. The fourth-order valence-corrected chi connectivity index (χ4v) is 7.97. The summed E-state index contributed by atoms with van der Waals surface area (Å²) in [5, 5.41) is 39.8. The summed E-state index contributed by atoms with van der Waals surface area (Å²) in [4.78, 5) is 30.6. The first-order chi connectivity index (χ1) is 21.8. The molecule has 47 heavy (non-hydrogen) atoms. The van der Waals surface area contributed by atoms with E-state index in [9.17, 15) is 25.1 Å². The number of rotatable bonds is 6. The number of piperazine rings is 1. The van der Waals surface area contributed by atoms with Crippen LogP contribution in [-0.2, 0) is 22.4 Å². The van der Waals surface area contributed by atoms with Crippen LogP contribution in [0.1, 0.15) is 78.7 Å². The summed E-state index contributed by atoms with van der Waals surface area (Å²) in [6.07, 6.45) is 0.979. The van der Waals surface area contributed by atoms with E-state index in [1.165, 1.54) is 0 Å². The minimum atomic E-state index is -0.780. The van der Waals surface area contributed by atoms with Gasteiger partial charge in [0.2, 0.25) is 18.6 Å². The number of phenols is 2. The summed E-state index contributed by atoms with van der Waals surface area (Å²) >= 11 is 0. The molecule has 0 saturated carbocycles. The third kappa shape index (κ3) is 5.69. The van der Waals surface area contributed by atoms with Crippen LogP contribution >= 0.6 is 0 Å². The van der Waals surface area contributed by atoms with Crippen LogP contribution in [-0.4, -0.2) is 76.4 Å². The number of fused-ring (bicyclic) bond motifs is 9. The van der Waals surface area contributed by atoms with Crippen molar-refractivity contribution in [2.45, 2.75) is 97.6 Å². The molecule has 0 aromatic heterocycles. The molecule has 249 valence electrons. The van der Waals surface area contributed by atoms with Gasteiger partial charge in [0.15, 0.2) is 11.5 Å². The van der Waals surface area contributed by atoms with Gasteiger partial charge >= 0.3 is 0 Å². The standard InChI is InChI=1S/C35H45N5O6.Ac/c1-15(2)17(4)34(43)38-20(7)35(44)37-13-26-28-22(30(41)19(6)32-33(28)46-14-45-32)11-24-29-27-21(9-16(3)18(5)31(27)42)10-23(39(29)8)25(12-36)40(24)26;/h9,15,17,20,23-26,29,41-42H,10-11,13-14H2,1-8H3,(H,37,44)(H,38,43);/t17-,20-,23-,24?,25-,26-,29-;/m0./s1. The minimum Gasteiger partial charge on any atom is -0.507 e. The number of aromatic hydroxyl groups is 2. The molecule has 4 aliphatic heterocycles. The molecule has 7 atom stereocenters. The van der Waals surface area contributed by atoms with Crippen molar-refractivity contribution in [3.05, 3.63) is 45.0 Å². The Morgan fingerprint density at radius 1 is 1.00 bits per heavy atom. The maximum Gasteiger partial charge on any atom is 0.242 e. The summed E-state index contributed by atoms with van der Waals surface area (Å²) in [5.41, 5.74) is 5.68. The van der Waals surface area contributed by atoms with E-state index in [1.807, 2.05) is 41.7 Å². The fourth-order valence-electron chi connectivity index (χ4n) is 7.97. The van der Waals surface area contributed by atoms with E-state index in [0.717, 1.165) is 22.3 Å². The maximum atomic E-state index is 13.5. The van der Waals surface area contributed by atoms with Gasteiger partial charge in [-0.2, -0.15) is 5.26 Å². The zero-order valence-electron chi connectivity index (χ0n) is 28.5. The van der Waals surface area contributed by atoms with Gasteiger partial charge < -0.3 is 30.3 Å². The molecule has 2 amide bonds. The first-order valence-corrected chi connectivity index (χ1v) is 16.2. The zero-order valence-corrected chi connectivity index (χ0v) is 33.2. The average molecular weight is 859 g/mol. The normalized spacial score (nSPS) is 25.4. The Bertz CT molecular complexity index is 1660. The Labute approximate surface area is 312 Å². The van der Waals surface area contributed by atoms with Gasteiger partial charge in [-0.15, -0.1) is 0 Å². The quantitative estimate of drug-likeness (QED) is 0.344. The van der Waals surface area contributed by atoms with Crippen LogP contribution in [0.4, 0.5) is 0 Å². The molecule has 0 aliphatic carbocycles. The van der Waals surface area contributed by atoms with E-state index in [0.29, 0.717) is 41.0 Å². The molecule has 2 bridgehead atoms. The number of nitriles is 1. The Hall–Kier alpha value is -2.57. The number of carbonyl (C=O) groups excluding carboxylic acids is 2. The monoisotopic (exact) mass is 858 g/mol. The molecule has 4 aliphatic rings. The topological polar surface area (TPSA) is 147 Å². The molecule has 6 rings (SSSR count). The van der Waals surface area contributed by atoms with E-state index < -0.39 is 18.1 Å². The van der Waals surface area contributed by atoms with Crippen LogP contribution in [0.5, 0.6) is 23.0 Å². The third-order valence-corrected chi connectivity index (χ3v) is 11.1. The second-order valence-electron chi connectivity index (χ2n) is 13.9. The average Bonchev–Trinajstić information content (AvgIpc) is 3.51. The summed E-state index contributed by atoms with van der Waals surface area (Å²) in [6, 6.07) is 2.05. The summed E-state index contributed by atoms with van der Waals surface area (Å²) in [5.74, 6) is 0.694. The molecular formula is C35H45AcN5O6. The Balaban J connectivity index is 0.00000433. The number of ether oxygens (including phenoxy) is 2. The van der Waals surface area contributed by atoms with Gasteiger partial charge in [-0.25, -0.2) is 0 Å². The van der Waals surface area contributed by atoms with Gasteiger partial charge in [-0.1, -0.05) is 26.8 Å². The first-order valence-electron chi connectivity index (χ1n) is 16.2. The van der Waals surface area contributed by atoms with E-state index in [1.54, 1.807) is 13.8 Å². The number of hydrogen-bond donors (Lipinski definition) is 4. The van der Waals surface area contributed by atoms with Crippen molar-refractivity contribution < 1.29 is 73.3 Å². The molecule has 11 nitrogen and oxygen atoms in total. The molecule has 1 radical (unpaired) electrons. The summed E-state index contributed by atoms with van der Waals surface area (Å²) in [7, 11) is 2.01. The van der Waals surface area contributed by atoms with Crippen LogP contribution in [0.15, 0.2) is 6.07 Å². The second-order valence-corrected chi connectivity index (χ2v) is 13.9. The van der Waals surface area contributed by atoms with Crippen molar-refractivity contribution >= 4 is 11.8 Å². The van der Waals surface area contributed by atoms with Crippen molar-refractivity contribution in [2.24, 2.45) is 11.8 Å². The molecule has 1 fully saturated rings. The molecule has 4 N–H and O–H groups in total. The number of aryl methyl sites for hydroxylation is 1. The maximum absolute atomic E-state index is 13.5. The number of benzene rings is 2. The van der Waals surface area contributed by atoms with E-state index in [4.69, 9.17) is 9.47 Å². The van der Waals surface area contributed by atoms with Crippen molar-refractivity contribution in [3.8, 4) is 29.1 Å². The Morgan fingerprint density at radius 2 is 1.68 bits per heavy atom. The number of nitrogens with one attached hydrogen (secondary N) is 2. The Kier molecular flexibility index (Phi) is 10.2. The van der Waals surface area contributed by atoms with Crippen LogP contribution < -0.4 is 20.1 Å². The van der Waals surface area contributed by atoms with Gasteiger partial charge in [0, 0.05) is 90.9 Å². The first kappa shape index (κ1) is 35.7. The molecule has 2 aromatic rings. The molecule has 1 unspecified atom stereocenters. The minimum absolute atomic E-state index is 0. The van der Waals surface area contributed by atoms with Gasteiger partial charge in [0.05, 0.1) is 18.2 Å². The molecule has 0 spiro atoms. The van der Waals surface area contributed by atoms with Crippen molar-refractivity contribution in [1.29, 1.82) is 5.26 Å². The number of phenolic OH excluding ortho intramolecular Hbond substituents is 2. The van der Waals surface area contributed by atoms with Gasteiger partial charge in [0.25, 0.3) is 0 Å². The summed E-state index contributed by atoms with van der Waals surface area (Å²) < 4.78 is 11.8. The summed E-state index contributed by atoms with van der Waals surface area (Å²) in [6.45, 7) is 13.2. The third-order valence-electron chi connectivity index (χ3n) is 11.1. The molecule has 12 heteroatoms. The molecule has 1 saturated heterocycles. The van der Waals surface area contributed by atoms with Gasteiger partial charge in [-0.05, 0) is 70.2 Å². The van der Waals surface area contributed by atoms with Gasteiger partial charge in [0.1, 0.15) is 23.6 Å². The van der Waals surface area contributed by atoms with Crippen molar-refractivity contribution in [2.75, 3.05) is 20.4 Å². The predicted octanol–water partition coefficient (Wildman–Crippen LogP) is 3.44. The number of nitrogens with zero attached hydrogens (tertiary/aromatic N) is 3. The van der Waals surface area contributed by atoms with Crippen LogP contribution in [0.3, 0.4) is 0 Å². The number of carbonyl (C=O) groups is 2. The molecule has 4 heterocycles. The van der Waals surface area contributed by atoms with Crippen LogP contribution in [0.25, 0.3) is 0 Å². The molecular weight excluding hydrogens is 813 g/mol. The van der Waals surface area contributed by atoms with E-state index in [-0.39, 0.29) is 111 Å². The smallest absolute Gasteiger partial charge is 0.242 e. The SMILES string of the molecule is Cc1cc2c(c(O)c1C)[C@@H]1C3Cc4c(O)c(C)c5c(c4[C@H](CNC(=O)[C@H](C)NC(=O)[C@@H](C)C(C)C)N3[C@@H](C#N)[C@H](C2)N1C)OCO5.[Ac]. The number of hydrogen-bond acceptors (Lipinski definition) is 9. The number of likely N-dealkylation sites (N-methyl/N-ethyl adjacent to an activating group) is 1. The zero-order chi connectivity index (χ0) is 33.4. The molecule has 2 aromatic carbocycles. The Morgan fingerprint density at radius 3 is 2.34 bits per heavy atom. The predicted molar refractivity (Wildman–Crippen MR) is 171 cm³/mol. The van der Waals surface area contributed by atoms with Crippen molar-refractivity contribution in [1.82, 2.24) is 20.4 Å². The van der Waals surface area contributed by atoms with Crippen LogP contribution in [0.2, 0.25) is 0 Å². The fraction of sp³-hybridized carbons (Fsp3) is 0.571. The van der Waals surface area contributed by atoms with E-state index in [2.05, 4.69) is 32.6 Å². The van der Waals surface area contributed by atoms with Crippen molar-refractivity contribution in [3.63, 3.8) is 0 Å². The van der Waals surface area contributed by atoms with Crippen LogP contribution in [0, 0.1) is 88.0 Å². The van der Waals surface area contributed by atoms with E-state index >= 15 is 0 Å². The second kappa shape index (κ2) is 13.4. The number of amides is 2.